The van der Waals surface area contributed by atoms with E-state index >= 15 is 0 Å². The summed E-state index contributed by atoms with van der Waals surface area (Å²) in [7, 11) is 0. The van der Waals surface area contributed by atoms with Gasteiger partial charge in [-0.1, -0.05) is 77.1 Å². The fraction of sp³-hybridized carbons (Fsp3) is 0.929. The number of allylic oxidation sites excluding steroid dienone is 1. The standard InChI is InChI=1S/C28H47ClO2/c1-18(2)7-6-8-19(3)23-11-12-24-22-10-9-20-17-21(31-26(29)30)13-15-27(20,4)25(22)14-16-28(23,24)5/h9,18-19,21-26,30H,6-8,10-17H2,1-5H3/t19-,21+,22+,23-,24+,25?,26?,27+,28-/m1/s1. The molecule has 3 heteroatoms. The lowest BCUT2D eigenvalue weighted by Gasteiger charge is -2.58. The van der Waals surface area contributed by atoms with E-state index in [9.17, 15) is 5.11 Å². The van der Waals surface area contributed by atoms with Crippen molar-refractivity contribution in [2.24, 2.45) is 46.3 Å². The highest BCUT2D eigenvalue weighted by Crippen LogP contribution is 2.67. The van der Waals surface area contributed by atoms with Crippen LogP contribution in [0.2, 0.25) is 0 Å². The number of hydrogen-bond donors (Lipinski definition) is 1. The normalized spacial score (nSPS) is 44.3. The summed E-state index contributed by atoms with van der Waals surface area (Å²) in [6, 6.07) is 0. The van der Waals surface area contributed by atoms with E-state index in [1.165, 1.54) is 57.8 Å². The highest BCUT2D eigenvalue weighted by molar-refractivity contribution is 6.18. The Morgan fingerprint density at radius 3 is 2.55 bits per heavy atom. The van der Waals surface area contributed by atoms with Crippen molar-refractivity contribution in [3.8, 4) is 0 Å². The molecule has 3 saturated carbocycles. The van der Waals surface area contributed by atoms with Crippen LogP contribution in [0.5, 0.6) is 0 Å². The first kappa shape index (κ1) is 24.1. The summed E-state index contributed by atoms with van der Waals surface area (Å²) in [4.78, 5) is 0. The first-order valence-electron chi connectivity index (χ1n) is 13.3. The van der Waals surface area contributed by atoms with Gasteiger partial charge in [0.25, 0.3) is 0 Å². The topological polar surface area (TPSA) is 29.5 Å². The molecule has 31 heavy (non-hydrogen) atoms. The summed E-state index contributed by atoms with van der Waals surface area (Å²) in [5.74, 6) is 4.10. The van der Waals surface area contributed by atoms with Crippen molar-refractivity contribution in [1.82, 2.24) is 0 Å². The van der Waals surface area contributed by atoms with Crippen LogP contribution in [-0.2, 0) is 4.74 Å². The van der Waals surface area contributed by atoms with E-state index in [4.69, 9.17) is 16.3 Å². The van der Waals surface area contributed by atoms with Gasteiger partial charge in [-0.25, -0.2) is 0 Å². The largest absolute Gasteiger partial charge is 0.356 e. The molecule has 3 fully saturated rings. The molecule has 2 unspecified atom stereocenters. The summed E-state index contributed by atoms with van der Waals surface area (Å²) >= 11 is 5.71. The van der Waals surface area contributed by atoms with Crippen LogP contribution in [0.3, 0.4) is 0 Å². The first-order valence-corrected chi connectivity index (χ1v) is 13.8. The highest BCUT2D eigenvalue weighted by Gasteiger charge is 2.59. The molecular weight excluding hydrogens is 404 g/mol. The van der Waals surface area contributed by atoms with Gasteiger partial charge in [0.05, 0.1) is 6.10 Å². The minimum atomic E-state index is -1.17. The molecule has 0 spiro atoms. The number of ether oxygens (including phenoxy) is 1. The van der Waals surface area contributed by atoms with E-state index in [0.29, 0.717) is 10.8 Å². The van der Waals surface area contributed by atoms with Gasteiger partial charge in [0.2, 0.25) is 5.75 Å². The average molecular weight is 451 g/mol. The Kier molecular flexibility index (Phi) is 7.23. The molecule has 1 N–H and O–H groups in total. The average Bonchev–Trinajstić information content (AvgIpc) is 3.05. The zero-order valence-electron chi connectivity index (χ0n) is 20.7. The van der Waals surface area contributed by atoms with Gasteiger partial charge < -0.3 is 9.84 Å². The predicted molar refractivity (Wildman–Crippen MR) is 130 cm³/mol. The third kappa shape index (κ3) is 4.52. The Morgan fingerprint density at radius 2 is 1.84 bits per heavy atom. The van der Waals surface area contributed by atoms with Crippen molar-refractivity contribution in [2.45, 2.75) is 117 Å². The molecule has 0 saturated heterocycles. The molecule has 0 aromatic rings. The molecular formula is C28H47ClO2. The van der Waals surface area contributed by atoms with Crippen LogP contribution in [0.15, 0.2) is 11.6 Å². The van der Waals surface area contributed by atoms with Gasteiger partial charge >= 0.3 is 0 Å². The fourth-order valence-electron chi connectivity index (χ4n) is 8.93. The smallest absolute Gasteiger partial charge is 0.234 e. The van der Waals surface area contributed by atoms with E-state index in [1.807, 2.05) is 0 Å². The lowest BCUT2D eigenvalue weighted by Crippen LogP contribution is -2.51. The summed E-state index contributed by atoms with van der Waals surface area (Å²) in [5, 5.41) is 9.46. The lowest BCUT2D eigenvalue weighted by molar-refractivity contribution is -0.107. The summed E-state index contributed by atoms with van der Waals surface area (Å²) in [5.41, 5.74) is 2.49. The summed E-state index contributed by atoms with van der Waals surface area (Å²) in [6.07, 6.45) is 17.1. The Bertz CT molecular complexity index is 657. The molecule has 2 nitrogen and oxygen atoms in total. The molecule has 0 heterocycles. The minimum Gasteiger partial charge on any atom is -0.356 e. The van der Waals surface area contributed by atoms with Crippen LogP contribution >= 0.6 is 11.6 Å². The molecule has 0 aromatic carbocycles. The molecule has 0 aliphatic heterocycles. The Morgan fingerprint density at radius 1 is 1.06 bits per heavy atom. The molecule has 4 aliphatic carbocycles. The SMILES string of the molecule is CC(C)CCC[C@@H](C)[C@H]1CC[C@H]2[C@@H]3CC=C4C[C@@H](OC(O)Cl)CC[C@]4(C)C3CC[C@]12C. The summed E-state index contributed by atoms with van der Waals surface area (Å²) < 4.78 is 5.57. The van der Waals surface area contributed by atoms with Crippen LogP contribution < -0.4 is 0 Å². The molecule has 9 atom stereocenters. The van der Waals surface area contributed by atoms with E-state index in [1.54, 1.807) is 5.57 Å². The van der Waals surface area contributed by atoms with Gasteiger partial charge in [-0.2, -0.15) is 0 Å². The van der Waals surface area contributed by atoms with Crippen molar-refractivity contribution in [3.63, 3.8) is 0 Å². The number of aliphatic hydroxyl groups excluding tert-OH is 1. The number of aliphatic hydroxyl groups is 1. The lowest BCUT2D eigenvalue weighted by atomic mass is 9.47. The monoisotopic (exact) mass is 450 g/mol. The number of halogens is 1. The third-order valence-corrected chi connectivity index (χ3v) is 10.7. The van der Waals surface area contributed by atoms with Crippen molar-refractivity contribution >= 4 is 11.6 Å². The molecule has 0 radical (unpaired) electrons. The number of rotatable bonds is 7. The predicted octanol–water partition coefficient (Wildman–Crippen LogP) is 7.93. The van der Waals surface area contributed by atoms with Crippen molar-refractivity contribution in [1.29, 1.82) is 0 Å². The van der Waals surface area contributed by atoms with Crippen LogP contribution in [0.1, 0.15) is 105 Å². The third-order valence-electron chi connectivity index (χ3n) is 10.6. The fourth-order valence-corrected chi connectivity index (χ4v) is 9.07. The number of hydrogen-bond acceptors (Lipinski definition) is 2. The molecule has 4 rings (SSSR count). The van der Waals surface area contributed by atoms with Crippen LogP contribution in [0.25, 0.3) is 0 Å². The van der Waals surface area contributed by atoms with E-state index in [-0.39, 0.29) is 6.10 Å². The van der Waals surface area contributed by atoms with Crippen molar-refractivity contribution in [3.05, 3.63) is 11.6 Å². The second kappa shape index (κ2) is 9.30. The quantitative estimate of drug-likeness (QED) is 0.242. The molecule has 4 aliphatic rings. The maximum Gasteiger partial charge on any atom is 0.234 e. The maximum atomic E-state index is 9.46. The van der Waals surface area contributed by atoms with Gasteiger partial charge in [-0.3, -0.25) is 0 Å². The first-order chi connectivity index (χ1) is 14.6. The van der Waals surface area contributed by atoms with Crippen molar-refractivity contribution in [2.75, 3.05) is 0 Å². The van der Waals surface area contributed by atoms with Crippen LogP contribution in [-0.4, -0.2) is 17.0 Å². The molecule has 0 aromatic heterocycles. The second-order valence-corrected chi connectivity index (χ2v) is 13.0. The van der Waals surface area contributed by atoms with Gasteiger partial charge in [0, 0.05) is 0 Å². The molecule has 178 valence electrons. The Labute approximate surface area is 196 Å². The molecule has 0 bridgehead atoms. The van der Waals surface area contributed by atoms with E-state index < -0.39 is 5.75 Å². The van der Waals surface area contributed by atoms with Gasteiger partial charge in [0.15, 0.2) is 0 Å². The molecule has 0 amide bonds. The van der Waals surface area contributed by atoms with Gasteiger partial charge in [-0.05, 0) is 97.7 Å². The van der Waals surface area contributed by atoms with E-state index in [0.717, 1.165) is 48.3 Å². The van der Waals surface area contributed by atoms with Crippen molar-refractivity contribution < 1.29 is 9.84 Å². The zero-order chi connectivity index (χ0) is 22.4. The van der Waals surface area contributed by atoms with Crippen LogP contribution in [0, 0.1) is 46.3 Å². The highest BCUT2D eigenvalue weighted by atomic mass is 35.5. The van der Waals surface area contributed by atoms with Gasteiger partial charge in [-0.15, -0.1) is 0 Å². The Hall–Kier alpha value is -0.0500. The van der Waals surface area contributed by atoms with E-state index in [2.05, 4.69) is 40.7 Å². The Balaban J connectivity index is 1.46. The number of fused-ring (bicyclic) bond motifs is 5. The maximum absolute atomic E-state index is 9.46. The minimum absolute atomic E-state index is 0.0831. The van der Waals surface area contributed by atoms with Gasteiger partial charge in [0.1, 0.15) is 0 Å². The second-order valence-electron chi connectivity index (χ2n) is 12.6. The van der Waals surface area contributed by atoms with Crippen LogP contribution in [0.4, 0.5) is 0 Å². The zero-order valence-corrected chi connectivity index (χ0v) is 21.5. The number of alkyl halides is 1. The summed E-state index contributed by atoms with van der Waals surface area (Å²) in [6.45, 7) is 12.5.